The molecule has 1 saturated heterocycles. The van der Waals surface area contributed by atoms with Crippen LogP contribution in [-0.2, 0) is 0 Å². The number of nitrogens with one attached hydrogen (secondary N) is 2. The van der Waals surface area contributed by atoms with Crippen molar-refractivity contribution in [1.82, 2.24) is 20.3 Å². The topological polar surface area (TPSA) is 99.7 Å². The maximum absolute atomic E-state index is 9.64. The van der Waals surface area contributed by atoms with Crippen LogP contribution in [0, 0.1) is 17.2 Å². The molecule has 0 amide bonds. The molecule has 1 aliphatic heterocycles. The van der Waals surface area contributed by atoms with Gasteiger partial charge in [-0.2, -0.15) is 5.26 Å². The number of fused-ring (bicyclic) bond motifs is 1. The number of hydrogen-bond acceptors (Lipinski definition) is 7. The maximum atomic E-state index is 9.64. The van der Waals surface area contributed by atoms with Crippen LogP contribution in [0.5, 0.6) is 0 Å². The van der Waals surface area contributed by atoms with E-state index in [0.29, 0.717) is 29.0 Å². The van der Waals surface area contributed by atoms with Gasteiger partial charge in [-0.3, -0.25) is 0 Å². The number of para-hydroxylation sites is 2. The standard InChI is InChI=1S/C19H20N6O/c20-11-14(18-24-16-3-1-2-4-17(16)26-18)15-7-10-22-19(25-15)23-12-13-5-8-21-9-6-13/h1-4,7,10,13-14,21H,5-6,8-9,12H2,(H,22,23,25). The van der Waals surface area contributed by atoms with E-state index in [4.69, 9.17) is 4.42 Å². The van der Waals surface area contributed by atoms with Crippen molar-refractivity contribution < 1.29 is 4.42 Å². The van der Waals surface area contributed by atoms with Crippen LogP contribution in [0.15, 0.2) is 40.9 Å². The highest BCUT2D eigenvalue weighted by Crippen LogP contribution is 2.26. The van der Waals surface area contributed by atoms with E-state index in [1.54, 1.807) is 12.3 Å². The highest BCUT2D eigenvalue weighted by Gasteiger charge is 2.22. The zero-order chi connectivity index (χ0) is 17.8. The predicted octanol–water partition coefficient (Wildman–Crippen LogP) is 2.68. The first-order valence-corrected chi connectivity index (χ1v) is 8.86. The highest BCUT2D eigenvalue weighted by molar-refractivity contribution is 5.72. The highest BCUT2D eigenvalue weighted by atomic mass is 16.3. The van der Waals surface area contributed by atoms with Crippen LogP contribution in [-0.4, -0.2) is 34.6 Å². The summed E-state index contributed by atoms with van der Waals surface area (Å²) in [4.78, 5) is 13.2. The molecule has 0 saturated carbocycles. The lowest BCUT2D eigenvalue weighted by atomic mass is 9.98. The van der Waals surface area contributed by atoms with Gasteiger partial charge in [0.1, 0.15) is 5.52 Å². The monoisotopic (exact) mass is 348 g/mol. The summed E-state index contributed by atoms with van der Waals surface area (Å²) in [5.74, 6) is 0.853. The average Bonchev–Trinajstić information content (AvgIpc) is 3.12. The van der Waals surface area contributed by atoms with Crippen molar-refractivity contribution in [3.63, 3.8) is 0 Å². The van der Waals surface area contributed by atoms with E-state index >= 15 is 0 Å². The lowest BCUT2D eigenvalue weighted by Gasteiger charge is -2.22. The summed E-state index contributed by atoms with van der Waals surface area (Å²) in [6, 6.07) is 11.5. The van der Waals surface area contributed by atoms with Gasteiger partial charge in [0.2, 0.25) is 11.8 Å². The van der Waals surface area contributed by atoms with E-state index in [1.807, 2.05) is 24.3 Å². The Hall–Kier alpha value is -2.98. The molecule has 2 aromatic heterocycles. The Labute approximate surface area is 151 Å². The molecule has 1 unspecified atom stereocenters. The van der Waals surface area contributed by atoms with Crippen molar-refractivity contribution in [3.05, 3.63) is 48.1 Å². The van der Waals surface area contributed by atoms with Crippen LogP contribution in [0.3, 0.4) is 0 Å². The number of hydrogen-bond donors (Lipinski definition) is 2. The first-order chi connectivity index (χ1) is 12.8. The minimum absolute atomic E-state index is 0.358. The SMILES string of the molecule is N#CC(c1ccnc(NCC2CCNCC2)n1)c1nc2ccccc2o1. The van der Waals surface area contributed by atoms with Crippen LogP contribution in [0.1, 0.15) is 30.3 Å². The smallest absolute Gasteiger partial charge is 0.222 e. The Morgan fingerprint density at radius 3 is 2.88 bits per heavy atom. The Bertz CT molecular complexity index is 892. The molecule has 1 aliphatic rings. The van der Waals surface area contributed by atoms with Gasteiger partial charge >= 0.3 is 0 Å². The molecule has 7 nitrogen and oxygen atoms in total. The number of nitriles is 1. The van der Waals surface area contributed by atoms with Crippen molar-refractivity contribution in [2.75, 3.05) is 25.0 Å². The van der Waals surface area contributed by atoms with E-state index in [1.165, 1.54) is 0 Å². The molecule has 0 radical (unpaired) electrons. The van der Waals surface area contributed by atoms with Crippen LogP contribution in [0.25, 0.3) is 11.1 Å². The fourth-order valence-corrected chi connectivity index (χ4v) is 3.20. The minimum atomic E-state index is -0.662. The fourth-order valence-electron chi connectivity index (χ4n) is 3.20. The Morgan fingerprint density at radius 1 is 1.23 bits per heavy atom. The Kier molecular flexibility index (Phi) is 4.75. The number of benzene rings is 1. The lowest BCUT2D eigenvalue weighted by molar-refractivity contribution is 0.389. The van der Waals surface area contributed by atoms with Gasteiger partial charge in [-0.15, -0.1) is 0 Å². The number of oxazole rings is 1. The second-order valence-corrected chi connectivity index (χ2v) is 6.46. The molecule has 4 rings (SSSR count). The molecule has 1 fully saturated rings. The van der Waals surface area contributed by atoms with Crippen molar-refractivity contribution in [3.8, 4) is 6.07 Å². The summed E-state index contributed by atoms with van der Waals surface area (Å²) >= 11 is 0. The van der Waals surface area contributed by atoms with Gasteiger partial charge in [0.05, 0.1) is 11.8 Å². The quantitative estimate of drug-likeness (QED) is 0.731. The third-order valence-electron chi connectivity index (χ3n) is 4.67. The van der Waals surface area contributed by atoms with E-state index in [9.17, 15) is 5.26 Å². The normalized spacial score (nSPS) is 16.3. The van der Waals surface area contributed by atoms with Gasteiger partial charge in [0.15, 0.2) is 11.5 Å². The molecule has 1 atom stereocenters. The lowest BCUT2D eigenvalue weighted by Crippen LogP contribution is -2.31. The molecule has 7 heteroatoms. The minimum Gasteiger partial charge on any atom is -0.439 e. The zero-order valence-electron chi connectivity index (χ0n) is 14.4. The summed E-state index contributed by atoms with van der Waals surface area (Å²) in [6.07, 6.45) is 3.97. The molecule has 3 aromatic rings. The van der Waals surface area contributed by atoms with Gasteiger partial charge < -0.3 is 15.1 Å². The molecular weight excluding hydrogens is 328 g/mol. The molecule has 0 bridgehead atoms. The van der Waals surface area contributed by atoms with Crippen LogP contribution < -0.4 is 10.6 Å². The van der Waals surface area contributed by atoms with Crippen molar-refractivity contribution in [2.45, 2.75) is 18.8 Å². The second-order valence-electron chi connectivity index (χ2n) is 6.46. The van der Waals surface area contributed by atoms with Crippen LogP contribution in [0.4, 0.5) is 5.95 Å². The van der Waals surface area contributed by atoms with Crippen molar-refractivity contribution >= 4 is 17.0 Å². The van der Waals surface area contributed by atoms with E-state index in [-0.39, 0.29) is 0 Å². The number of piperidine rings is 1. The fraction of sp³-hybridized carbons (Fsp3) is 0.368. The molecule has 132 valence electrons. The summed E-state index contributed by atoms with van der Waals surface area (Å²) in [6.45, 7) is 2.95. The largest absolute Gasteiger partial charge is 0.439 e. The van der Waals surface area contributed by atoms with Crippen LogP contribution >= 0.6 is 0 Å². The van der Waals surface area contributed by atoms with E-state index in [0.717, 1.165) is 38.0 Å². The van der Waals surface area contributed by atoms with E-state index in [2.05, 4.69) is 31.7 Å². The number of anilines is 1. The number of aromatic nitrogens is 3. The number of rotatable bonds is 5. The van der Waals surface area contributed by atoms with Crippen LogP contribution in [0.2, 0.25) is 0 Å². The molecule has 3 heterocycles. The molecule has 26 heavy (non-hydrogen) atoms. The van der Waals surface area contributed by atoms with Crippen molar-refractivity contribution in [2.24, 2.45) is 5.92 Å². The van der Waals surface area contributed by atoms with E-state index < -0.39 is 5.92 Å². The van der Waals surface area contributed by atoms with Gasteiger partial charge in [-0.05, 0) is 50.0 Å². The molecule has 2 N–H and O–H groups in total. The first-order valence-electron chi connectivity index (χ1n) is 8.86. The molecule has 0 spiro atoms. The summed E-state index contributed by atoms with van der Waals surface area (Å²) < 4.78 is 5.75. The predicted molar refractivity (Wildman–Crippen MR) is 97.6 cm³/mol. The summed E-state index contributed by atoms with van der Waals surface area (Å²) in [5, 5.41) is 16.3. The first kappa shape index (κ1) is 16.5. The summed E-state index contributed by atoms with van der Waals surface area (Å²) in [5.41, 5.74) is 1.99. The molecule has 0 aliphatic carbocycles. The Morgan fingerprint density at radius 2 is 2.08 bits per heavy atom. The third kappa shape index (κ3) is 3.51. The van der Waals surface area contributed by atoms with Gasteiger partial charge in [-0.1, -0.05) is 12.1 Å². The second kappa shape index (κ2) is 7.50. The average molecular weight is 348 g/mol. The summed E-state index contributed by atoms with van der Waals surface area (Å²) in [7, 11) is 0. The molecule has 1 aromatic carbocycles. The van der Waals surface area contributed by atoms with Gasteiger partial charge in [0, 0.05) is 12.7 Å². The number of nitrogens with zero attached hydrogens (tertiary/aromatic N) is 4. The van der Waals surface area contributed by atoms with Gasteiger partial charge in [0.25, 0.3) is 0 Å². The van der Waals surface area contributed by atoms with Gasteiger partial charge in [-0.25, -0.2) is 15.0 Å². The third-order valence-corrected chi connectivity index (χ3v) is 4.67. The Balaban J connectivity index is 1.52. The zero-order valence-corrected chi connectivity index (χ0v) is 14.4. The maximum Gasteiger partial charge on any atom is 0.222 e. The molecular formula is C19H20N6O. The van der Waals surface area contributed by atoms with Crippen molar-refractivity contribution in [1.29, 1.82) is 5.26 Å².